The molecule has 0 radical (unpaired) electrons. The van der Waals surface area contributed by atoms with Crippen molar-refractivity contribution < 1.29 is 18.3 Å². The second-order valence-electron chi connectivity index (χ2n) is 5.03. The summed E-state index contributed by atoms with van der Waals surface area (Å²) >= 11 is 4.10. The van der Waals surface area contributed by atoms with Gasteiger partial charge in [-0.2, -0.15) is 4.31 Å². The molecule has 1 aliphatic rings. The first-order valence-corrected chi connectivity index (χ1v) is 9.34. The molecule has 2 rings (SSSR count). The summed E-state index contributed by atoms with van der Waals surface area (Å²) in [5.41, 5.74) is 0. The zero-order chi connectivity index (χ0) is 15.1. The number of sulfonamides is 1. The maximum absolute atomic E-state index is 12.7. The molecule has 8 heteroatoms. The van der Waals surface area contributed by atoms with Gasteiger partial charge in [0.2, 0.25) is 10.0 Å². The van der Waals surface area contributed by atoms with Crippen LogP contribution in [-0.2, 0) is 10.0 Å². The molecule has 0 aromatic carbocycles. The molecule has 112 valence electrons. The van der Waals surface area contributed by atoms with E-state index < -0.39 is 16.0 Å². The molecule has 1 N–H and O–H groups in total. The van der Waals surface area contributed by atoms with E-state index in [0.717, 1.165) is 24.2 Å². The summed E-state index contributed by atoms with van der Waals surface area (Å²) in [6, 6.07) is 1.16. The summed E-state index contributed by atoms with van der Waals surface area (Å²) in [5.74, 6) is -0.813. The van der Waals surface area contributed by atoms with E-state index in [0.29, 0.717) is 16.2 Å². The minimum Gasteiger partial charge on any atom is -0.477 e. The number of halogens is 1. The monoisotopic (exact) mass is 381 g/mol. The van der Waals surface area contributed by atoms with Gasteiger partial charge in [-0.25, -0.2) is 13.2 Å². The first kappa shape index (κ1) is 15.9. The Balaban J connectivity index is 2.42. The Morgan fingerprint density at radius 2 is 2.15 bits per heavy atom. The molecule has 2 atom stereocenters. The molecule has 0 bridgehead atoms. The first-order valence-electron chi connectivity index (χ1n) is 6.29. The van der Waals surface area contributed by atoms with E-state index in [2.05, 4.69) is 15.9 Å². The number of nitrogens with zero attached hydrogens (tertiary/aromatic N) is 1. The van der Waals surface area contributed by atoms with E-state index in [1.165, 1.54) is 10.4 Å². The summed E-state index contributed by atoms with van der Waals surface area (Å²) in [7, 11) is -3.65. The number of carboxylic acid groups (broad SMARTS) is 1. The highest BCUT2D eigenvalue weighted by Gasteiger charge is 2.36. The van der Waals surface area contributed by atoms with Gasteiger partial charge in [0.05, 0.1) is 3.79 Å². The van der Waals surface area contributed by atoms with Gasteiger partial charge >= 0.3 is 5.97 Å². The minimum absolute atomic E-state index is 0.0214. The lowest BCUT2D eigenvalue weighted by molar-refractivity contribution is 0.0702. The molecule has 1 aliphatic heterocycles. The minimum atomic E-state index is -3.65. The van der Waals surface area contributed by atoms with E-state index in [-0.39, 0.29) is 15.8 Å². The van der Waals surface area contributed by atoms with Crippen molar-refractivity contribution in [2.45, 2.75) is 37.6 Å². The van der Waals surface area contributed by atoms with Gasteiger partial charge < -0.3 is 5.11 Å². The summed E-state index contributed by atoms with van der Waals surface area (Å²) in [6.07, 6.45) is 1.84. The topological polar surface area (TPSA) is 74.7 Å². The number of hydrogen-bond acceptors (Lipinski definition) is 4. The highest BCUT2D eigenvalue weighted by molar-refractivity contribution is 9.11. The van der Waals surface area contributed by atoms with Crippen molar-refractivity contribution in [1.29, 1.82) is 0 Å². The Bertz CT molecular complexity index is 625. The summed E-state index contributed by atoms with van der Waals surface area (Å²) in [6.45, 7) is 4.43. The van der Waals surface area contributed by atoms with Gasteiger partial charge in [-0.1, -0.05) is 6.92 Å². The zero-order valence-electron chi connectivity index (χ0n) is 11.2. The van der Waals surface area contributed by atoms with Crippen LogP contribution in [0.1, 0.15) is 36.4 Å². The average molecular weight is 382 g/mol. The molecule has 0 saturated carbocycles. The normalized spacial score (nSPS) is 24.8. The van der Waals surface area contributed by atoms with Gasteiger partial charge in [0.25, 0.3) is 0 Å². The van der Waals surface area contributed by atoms with E-state index in [1.54, 1.807) is 0 Å². The van der Waals surface area contributed by atoms with Gasteiger partial charge in [-0.15, -0.1) is 11.3 Å². The molecule has 2 unspecified atom stereocenters. The Hall–Kier alpha value is -0.440. The van der Waals surface area contributed by atoms with Crippen molar-refractivity contribution in [3.05, 3.63) is 14.7 Å². The second-order valence-corrected chi connectivity index (χ2v) is 9.26. The summed E-state index contributed by atoms with van der Waals surface area (Å²) in [4.78, 5) is 11.0. The lowest BCUT2D eigenvalue weighted by Gasteiger charge is -2.36. The smallest absolute Gasteiger partial charge is 0.345 e. The fourth-order valence-corrected chi connectivity index (χ4v) is 6.52. The van der Waals surface area contributed by atoms with E-state index in [1.807, 2.05) is 13.8 Å². The van der Waals surface area contributed by atoms with Gasteiger partial charge in [0.15, 0.2) is 0 Å². The molecular formula is C12H16BrNO4S2. The largest absolute Gasteiger partial charge is 0.477 e. The third kappa shape index (κ3) is 2.79. The second kappa shape index (κ2) is 5.75. The Kier molecular flexibility index (Phi) is 4.58. The van der Waals surface area contributed by atoms with Gasteiger partial charge in [-0.3, -0.25) is 0 Å². The molecular weight excluding hydrogens is 366 g/mol. The number of piperidine rings is 1. The van der Waals surface area contributed by atoms with Crippen LogP contribution in [0.25, 0.3) is 0 Å². The zero-order valence-corrected chi connectivity index (χ0v) is 14.4. The Morgan fingerprint density at radius 3 is 2.70 bits per heavy atom. The fourth-order valence-electron chi connectivity index (χ4n) is 2.40. The summed E-state index contributed by atoms with van der Waals surface area (Å²) < 4.78 is 27.3. The highest BCUT2D eigenvalue weighted by atomic mass is 79.9. The van der Waals surface area contributed by atoms with E-state index >= 15 is 0 Å². The van der Waals surface area contributed by atoms with Crippen molar-refractivity contribution in [3.8, 4) is 0 Å². The van der Waals surface area contributed by atoms with Crippen LogP contribution in [0.4, 0.5) is 0 Å². The lowest BCUT2D eigenvalue weighted by atomic mass is 9.94. The van der Waals surface area contributed by atoms with Crippen LogP contribution in [0.5, 0.6) is 0 Å². The number of aromatic carboxylic acids is 1. The van der Waals surface area contributed by atoms with Crippen LogP contribution in [0.2, 0.25) is 0 Å². The SMILES string of the molecule is CC1CCCN(S(=O)(=O)c2cc(C(=O)O)sc2Br)C1C. The standard InChI is InChI=1S/C12H16BrNO4S2/c1-7-4-3-5-14(8(7)2)20(17,18)10-6-9(12(15)16)19-11(10)13/h6-8H,3-5H2,1-2H3,(H,15,16). The molecule has 1 saturated heterocycles. The van der Waals surface area contributed by atoms with Crippen LogP contribution < -0.4 is 0 Å². The van der Waals surface area contributed by atoms with Gasteiger partial charge in [0.1, 0.15) is 9.77 Å². The lowest BCUT2D eigenvalue weighted by Crippen LogP contribution is -2.45. The number of rotatable bonds is 3. The molecule has 20 heavy (non-hydrogen) atoms. The molecule has 1 aromatic rings. The molecule has 2 heterocycles. The van der Waals surface area contributed by atoms with Crippen LogP contribution >= 0.6 is 27.3 Å². The molecule has 1 aromatic heterocycles. The predicted molar refractivity (Wildman–Crippen MR) is 80.7 cm³/mol. The number of carboxylic acids is 1. The van der Waals surface area contributed by atoms with Crippen molar-refractivity contribution in [3.63, 3.8) is 0 Å². The van der Waals surface area contributed by atoms with E-state index in [4.69, 9.17) is 5.11 Å². The first-order chi connectivity index (χ1) is 9.25. The number of hydrogen-bond donors (Lipinski definition) is 1. The summed E-state index contributed by atoms with van der Waals surface area (Å²) in [5, 5.41) is 8.97. The average Bonchev–Trinajstić information content (AvgIpc) is 2.75. The molecule has 0 amide bonds. The quantitative estimate of drug-likeness (QED) is 0.872. The molecule has 5 nitrogen and oxygen atoms in total. The third-order valence-electron chi connectivity index (χ3n) is 3.77. The molecule has 0 spiro atoms. The maximum Gasteiger partial charge on any atom is 0.345 e. The van der Waals surface area contributed by atoms with Crippen molar-refractivity contribution >= 4 is 43.3 Å². The van der Waals surface area contributed by atoms with Crippen molar-refractivity contribution in [2.24, 2.45) is 5.92 Å². The Labute approximate surface area is 130 Å². The molecule has 0 aliphatic carbocycles. The van der Waals surface area contributed by atoms with Crippen LogP contribution in [-0.4, -0.2) is 36.4 Å². The highest BCUT2D eigenvalue weighted by Crippen LogP contribution is 2.36. The van der Waals surface area contributed by atoms with Gasteiger partial charge in [0, 0.05) is 12.6 Å². The van der Waals surface area contributed by atoms with Gasteiger partial charge in [-0.05, 0) is 47.7 Å². The predicted octanol–water partition coefficient (Wildman–Crippen LogP) is 3.02. The van der Waals surface area contributed by atoms with Crippen molar-refractivity contribution in [2.75, 3.05) is 6.54 Å². The van der Waals surface area contributed by atoms with E-state index in [9.17, 15) is 13.2 Å². The van der Waals surface area contributed by atoms with Crippen LogP contribution in [0.3, 0.4) is 0 Å². The molecule has 1 fully saturated rings. The van der Waals surface area contributed by atoms with Crippen LogP contribution in [0.15, 0.2) is 14.7 Å². The van der Waals surface area contributed by atoms with Crippen molar-refractivity contribution in [1.82, 2.24) is 4.31 Å². The third-order valence-corrected chi connectivity index (χ3v) is 7.99. The number of thiophene rings is 1. The Morgan fingerprint density at radius 1 is 1.50 bits per heavy atom. The fraction of sp³-hybridized carbons (Fsp3) is 0.583. The maximum atomic E-state index is 12.7. The number of carbonyl (C=O) groups is 1. The van der Waals surface area contributed by atoms with Crippen LogP contribution in [0, 0.1) is 5.92 Å².